The highest BCUT2D eigenvalue weighted by atomic mass is 79.9. The van der Waals surface area contributed by atoms with Crippen molar-refractivity contribution in [3.63, 3.8) is 0 Å². The summed E-state index contributed by atoms with van der Waals surface area (Å²) in [6.45, 7) is 0. The molecule has 0 saturated heterocycles. The molecule has 1 aromatic rings. The van der Waals surface area contributed by atoms with Crippen molar-refractivity contribution in [3.8, 4) is 0 Å². The van der Waals surface area contributed by atoms with Crippen molar-refractivity contribution in [2.24, 2.45) is 0 Å². The van der Waals surface area contributed by atoms with E-state index in [1.807, 2.05) is 0 Å². The largest absolute Gasteiger partial charge is 0.236 e. The predicted molar refractivity (Wildman–Crippen MR) is 57.6 cm³/mol. The SMILES string of the molecule is O=S(=O)(Cl)Cc1ccc(Br)c(Cl)c1. The zero-order valence-corrected chi connectivity index (χ0v) is 10.2. The van der Waals surface area contributed by atoms with Crippen molar-refractivity contribution in [2.45, 2.75) is 5.75 Å². The fraction of sp³-hybridized carbons (Fsp3) is 0.143. The van der Waals surface area contributed by atoms with Crippen LogP contribution in [0.1, 0.15) is 5.56 Å². The molecule has 1 rings (SSSR count). The van der Waals surface area contributed by atoms with Crippen LogP contribution in [0.4, 0.5) is 0 Å². The Labute approximate surface area is 94.4 Å². The van der Waals surface area contributed by atoms with Crippen molar-refractivity contribution in [1.29, 1.82) is 0 Å². The van der Waals surface area contributed by atoms with Gasteiger partial charge in [0.1, 0.15) is 0 Å². The van der Waals surface area contributed by atoms with Gasteiger partial charge in [-0.25, -0.2) is 8.42 Å². The van der Waals surface area contributed by atoms with Gasteiger partial charge in [0.2, 0.25) is 9.05 Å². The highest BCUT2D eigenvalue weighted by Gasteiger charge is 2.08. The Morgan fingerprint density at radius 3 is 2.46 bits per heavy atom. The van der Waals surface area contributed by atoms with Crippen LogP contribution < -0.4 is 0 Å². The van der Waals surface area contributed by atoms with E-state index < -0.39 is 9.05 Å². The number of halogens is 3. The summed E-state index contributed by atoms with van der Waals surface area (Å²) >= 11 is 8.95. The van der Waals surface area contributed by atoms with Crippen LogP contribution in [-0.4, -0.2) is 8.42 Å². The van der Waals surface area contributed by atoms with Crippen LogP contribution in [0.15, 0.2) is 22.7 Å². The molecule has 0 amide bonds. The second-order valence-electron chi connectivity index (χ2n) is 2.43. The van der Waals surface area contributed by atoms with E-state index >= 15 is 0 Å². The number of benzene rings is 1. The molecule has 2 nitrogen and oxygen atoms in total. The van der Waals surface area contributed by atoms with Gasteiger partial charge >= 0.3 is 0 Å². The van der Waals surface area contributed by atoms with E-state index in [0.29, 0.717) is 10.6 Å². The minimum Gasteiger partial charge on any atom is -0.212 e. The lowest BCUT2D eigenvalue weighted by atomic mass is 10.2. The minimum atomic E-state index is -3.51. The molecule has 1 aromatic carbocycles. The standard InChI is InChI=1S/C7H5BrCl2O2S/c8-6-2-1-5(3-7(6)9)4-13(10,11)12/h1-3H,4H2. The third-order valence-corrected chi connectivity index (χ3v) is 3.56. The van der Waals surface area contributed by atoms with E-state index in [-0.39, 0.29) is 5.75 Å². The quantitative estimate of drug-likeness (QED) is 0.787. The Morgan fingerprint density at radius 1 is 1.38 bits per heavy atom. The van der Waals surface area contributed by atoms with Crippen molar-refractivity contribution in [2.75, 3.05) is 0 Å². The Kier molecular flexibility index (Phi) is 3.63. The highest BCUT2D eigenvalue weighted by Crippen LogP contribution is 2.24. The minimum absolute atomic E-state index is 0.207. The molecule has 0 unspecified atom stereocenters. The van der Waals surface area contributed by atoms with E-state index in [9.17, 15) is 8.42 Å². The molecule has 0 heterocycles. The van der Waals surface area contributed by atoms with Gasteiger partial charge in [0, 0.05) is 15.2 Å². The fourth-order valence-corrected chi connectivity index (χ4v) is 2.23. The lowest BCUT2D eigenvalue weighted by Gasteiger charge is -2.00. The van der Waals surface area contributed by atoms with E-state index in [0.717, 1.165) is 4.47 Å². The molecule has 0 N–H and O–H groups in total. The van der Waals surface area contributed by atoms with Crippen molar-refractivity contribution in [3.05, 3.63) is 33.3 Å². The third kappa shape index (κ3) is 3.85. The van der Waals surface area contributed by atoms with Crippen molar-refractivity contribution >= 4 is 47.3 Å². The van der Waals surface area contributed by atoms with E-state index in [4.69, 9.17) is 22.3 Å². The first-order valence-electron chi connectivity index (χ1n) is 3.25. The molecule has 0 aromatic heterocycles. The van der Waals surface area contributed by atoms with Crippen LogP contribution in [0.25, 0.3) is 0 Å². The maximum Gasteiger partial charge on any atom is 0.236 e. The van der Waals surface area contributed by atoms with Crippen LogP contribution in [0.2, 0.25) is 5.02 Å². The normalized spacial score (nSPS) is 11.6. The summed E-state index contributed by atoms with van der Waals surface area (Å²) in [6, 6.07) is 4.89. The molecule has 0 aliphatic heterocycles. The van der Waals surface area contributed by atoms with Crippen LogP contribution in [0, 0.1) is 0 Å². The van der Waals surface area contributed by atoms with Crippen LogP contribution in [-0.2, 0) is 14.8 Å². The first-order valence-corrected chi connectivity index (χ1v) is 6.90. The van der Waals surface area contributed by atoms with Crippen LogP contribution in [0.5, 0.6) is 0 Å². The fourth-order valence-electron chi connectivity index (χ4n) is 0.828. The van der Waals surface area contributed by atoms with Gasteiger partial charge < -0.3 is 0 Å². The maximum atomic E-state index is 10.7. The maximum absolute atomic E-state index is 10.7. The molecule has 0 spiro atoms. The van der Waals surface area contributed by atoms with Crippen molar-refractivity contribution < 1.29 is 8.42 Å². The van der Waals surface area contributed by atoms with Gasteiger partial charge in [-0.3, -0.25) is 0 Å². The molecule has 0 aliphatic carbocycles. The smallest absolute Gasteiger partial charge is 0.212 e. The van der Waals surface area contributed by atoms with E-state index in [1.54, 1.807) is 18.2 Å². The summed E-state index contributed by atoms with van der Waals surface area (Å²) in [4.78, 5) is 0. The van der Waals surface area contributed by atoms with E-state index in [1.165, 1.54) is 0 Å². The number of hydrogen-bond acceptors (Lipinski definition) is 2. The summed E-state index contributed by atoms with van der Waals surface area (Å²) in [5, 5.41) is 0.470. The summed E-state index contributed by atoms with van der Waals surface area (Å²) in [5.74, 6) is -0.207. The summed E-state index contributed by atoms with van der Waals surface area (Å²) < 4.78 is 22.1. The van der Waals surface area contributed by atoms with Crippen molar-refractivity contribution in [1.82, 2.24) is 0 Å². The second kappa shape index (κ2) is 4.17. The van der Waals surface area contributed by atoms with Gasteiger partial charge in [-0.15, -0.1) is 0 Å². The van der Waals surface area contributed by atoms with E-state index in [2.05, 4.69) is 15.9 Å². The van der Waals surface area contributed by atoms with Gasteiger partial charge in [0.05, 0.1) is 10.8 Å². The predicted octanol–water partition coefficient (Wildman–Crippen LogP) is 3.17. The lowest BCUT2D eigenvalue weighted by Crippen LogP contribution is -1.94. The first-order chi connectivity index (χ1) is 5.88. The lowest BCUT2D eigenvalue weighted by molar-refractivity contribution is 0.609. The molecule has 0 bridgehead atoms. The molecule has 0 atom stereocenters. The summed E-state index contributed by atoms with van der Waals surface area (Å²) in [6.07, 6.45) is 0. The zero-order valence-electron chi connectivity index (χ0n) is 6.30. The van der Waals surface area contributed by atoms with Gasteiger partial charge in [-0.05, 0) is 33.6 Å². The molecular formula is C7H5BrCl2O2S. The monoisotopic (exact) mass is 302 g/mol. The van der Waals surface area contributed by atoms with Gasteiger partial charge in [-0.1, -0.05) is 17.7 Å². The second-order valence-corrected chi connectivity index (χ2v) is 6.47. The molecular weight excluding hydrogens is 299 g/mol. The Hall–Kier alpha value is 0.230. The molecule has 0 aliphatic rings. The molecule has 13 heavy (non-hydrogen) atoms. The third-order valence-electron chi connectivity index (χ3n) is 1.32. The first kappa shape index (κ1) is 11.3. The molecule has 0 radical (unpaired) electrons. The Bertz CT molecular complexity index is 417. The average molecular weight is 304 g/mol. The molecule has 0 saturated carbocycles. The number of rotatable bonds is 2. The highest BCUT2D eigenvalue weighted by molar-refractivity contribution is 9.10. The van der Waals surface area contributed by atoms with Gasteiger partial charge in [0.15, 0.2) is 0 Å². The summed E-state index contributed by atoms with van der Waals surface area (Å²) in [7, 11) is 1.57. The zero-order chi connectivity index (χ0) is 10.1. The summed E-state index contributed by atoms with van der Waals surface area (Å²) in [5.41, 5.74) is 0.572. The number of hydrogen-bond donors (Lipinski definition) is 0. The Morgan fingerprint density at radius 2 is 2.00 bits per heavy atom. The van der Waals surface area contributed by atoms with Gasteiger partial charge in [0.25, 0.3) is 0 Å². The van der Waals surface area contributed by atoms with Gasteiger partial charge in [-0.2, -0.15) is 0 Å². The topological polar surface area (TPSA) is 34.1 Å². The average Bonchev–Trinajstić information content (AvgIpc) is 1.94. The molecule has 72 valence electrons. The molecule has 0 fully saturated rings. The van der Waals surface area contributed by atoms with Crippen LogP contribution in [0.3, 0.4) is 0 Å². The Balaban J connectivity index is 2.99. The molecule has 6 heteroatoms. The van der Waals surface area contributed by atoms with Crippen LogP contribution >= 0.6 is 38.2 Å².